The highest BCUT2D eigenvalue weighted by Gasteiger charge is 2.69. The highest BCUT2D eigenvalue weighted by Crippen LogP contribution is 2.75. The van der Waals surface area contributed by atoms with Crippen molar-refractivity contribution in [1.29, 1.82) is 0 Å². The molecule has 0 radical (unpaired) electrons. The summed E-state index contributed by atoms with van der Waals surface area (Å²) in [6.45, 7) is 18.0. The number of hydrogen-bond donors (Lipinski definition) is 0. The Labute approximate surface area is 290 Å². The number of benzene rings is 1. The van der Waals surface area contributed by atoms with Gasteiger partial charge in [0, 0.05) is 22.9 Å². The average Bonchev–Trinajstić information content (AvgIpc) is 3.62. The number of aromatic nitrogens is 2. The molecule has 4 saturated carbocycles. The Morgan fingerprint density at radius 2 is 1.58 bits per heavy atom. The first kappa shape index (κ1) is 33.7. The zero-order chi connectivity index (χ0) is 34.6. The van der Waals surface area contributed by atoms with Gasteiger partial charge in [-0.05, 0) is 127 Å². The van der Waals surface area contributed by atoms with E-state index in [0.29, 0.717) is 22.4 Å². The Morgan fingerprint density at radius 1 is 0.896 bits per heavy atom. The van der Waals surface area contributed by atoms with Crippen molar-refractivity contribution in [3.8, 4) is 11.5 Å². The molecule has 0 spiro atoms. The summed E-state index contributed by atoms with van der Waals surface area (Å²) in [5.74, 6) is -0.0549. The van der Waals surface area contributed by atoms with Crippen LogP contribution in [0.3, 0.4) is 0 Å². The molecule has 2 aromatic rings. The average molecular weight is 675 g/mol. The SMILES string of the molecule is CC(=O)O[C@H]1CC[C@]2(C)[C@H]3CC[C@@H]4C5=C(C(C)C)C(=O)[C@@H](C(=O)c6nnc(-c7ccc(Cl)cc7)o6)C5CC[C@@]4(C)[C@]3(C)CC[C@H]2C1(C)C. The molecule has 0 amide bonds. The minimum Gasteiger partial charge on any atom is -0.462 e. The molecule has 0 saturated heterocycles. The predicted octanol–water partition coefficient (Wildman–Crippen LogP) is 9.34. The number of Topliss-reactive ketones (excluding diaryl/α,β-unsaturated/α-hetero) is 2. The molecule has 5 aliphatic rings. The number of ether oxygens (including phenoxy) is 1. The van der Waals surface area contributed by atoms with Crippen LogP contribution in [0.1, 0.15) is 117 Å². The highest BCUT2D eigenvalue weighted by molar-refractivity contribution is 6.30. The summed E-state index contributed by atoms with van der Waals surface area (Å²) in [4.78, 5) is 40.6. The predicted molar refractivity (Wildman–Crippen MR) is 184 cm³/mol. The number of ketones is 2. The van der Waals surface area contributed by atoms with Crippen LogP contribution < -0.4 is 0 Å². The van der Waals surface area contributed by atoms with Crippen molar-refractivity contribution in [3.05, 3.63) is 46.3 Å². The van der Waals surface area contributed by atoms with Crippen LogP contribution in [-0.4, -0.2) is 33.8 Å². The molecule has 5 aliphatic carbocycles. The van der Waals surface area contributed by atoms with Gasteiger partial charge in [0.05, 0.1) is 5.92 Å². The zero-order valence-corrected chi connectivity index (χ0v) is 30.6. The smallest absolute Gasteiger partial charge is 0.302 e. The summed E-state index contributed by atoms with van der Waals surface area (Å²) in [6, 6.07) is 7.04. The minimum absolute atomic E-state index is 0.0111. The number of allylic oxidation sites excluding steroid dienone is 2. The van der Waals surface area contributed by atoms with Crippen molar-refractivity contribution < 1.29 is 23.5 Å². The quantitative estimate of drug-likeness (QED) is 0.177. The maximum absolute atomic E-state index is 14.4. The standard InChI is InChI=1S/C40H51ClN2O5/c1-21(2)30-31-25(32(33(30)45)34(46)36-43-42-35(48-36)23-9-11-24(41)12-10-23)15-19-39(7)26(31)13-14-28-38(6)18-17-29(47-22(3)44)37(4,5)27(38)16-20-40(28,39)8/h9-12,21,25-29,32H,13-20H2,1-8H3/t25?,26-,27+,28-,29+,32+,38+,39-,40-/m1/s1. The molecule has 7 nitrogen and oxygen atoms in total. The number of nitrogens with zero attached hydrogens (tertiary/aromatic N) is 2. The van der Waals surface area contributed by atoms with Gasteiger partial charge in [-0.25, -0.2) is 0 Å². The van der Waals surface area contributed by atoms with E-state index in [4.69, 9.17) is 20.8 Å². The monoisotopic (exact) mass is 674 g/mol. The van der Waals surface area contributed by atoms with Crippen molar-refractivity contribution in [2.24, 2.45) is 57.2 Å². The number of esters is 1. The molecular weight excluding hydrogens is 624 g/mol. The number of rotatable bonds is 5. The number of carbonyl (C=O) groups is 3. The van der Waals surface area contributed by atoms with E-state index in [1.165, 1.54) is 12.5 Å². The summed E-state index contributed by atoms with van der Waals surface area (Å²) in [5, 5.41) is 8.90. The maximum Gasteiger partial charge on any atom is 0.302 e. The molecule has 0 N–H and O–H groups in total. The van der Waals surface area contributed by atoms with Gasteiger partial charge >= 0.3 is 5.97 Å². The molecular formula is C40H51ClN2O5. The van der Waals surface area contributed by atoms with Gasteiger partial charge in [0.1, 0.15) is 6.10 Å². The normalized spacial score (nSPS) is 38.6. The van der Waals surface area contributed by atoms with Crippen LogP contribution in [0.4, 0.5) is 0 Å². The van der Waals surface area contributed by atoms with Crippen LogP contribution in [0.15, 0.2) is 39.8 Å². The summed E-state index contributed by atoms with van der Waals surface area (Å²) in [5.41, 5.74) is 2.97. The van der Waals surface area contributed by atoms with Gasteiger partial charge in [-0.3, -0.25) is 14.4 Å². The molecule has 9 atom stereocenters. The van der Waals surface area contributed by atoms with Gasteiger partial charge in [-0.1, -0.05) is 65.6 Å². The van der Waals surface area contributed by atoms with E-state index in [0.717, 1.165) is 56.9 Å². The van der Waals surface area contributed by atoms with Crippen LogP contribution in [0.25, 0.3) is 11.5 Å². The molecule has 258 valence electrons. The Bertz CT molecular complexity index is 1690. The lowest BCUT2D eigenvalue weighted by atomic mass is 9.33. The van der Waals surface area contributed by atoms with Crippen LogP contribution in [0.2, 0.25) is 5.02 Å². The fraction of sp³-hybridized carbons (Fsp3) is 0.675. The van der Waals surface area contributed by atoms with Crippen LogP contribution >= 0.6 is 11.6 Å². The van der Waals surface area contributed by atoms with E-state index in [9.17, 15) is 14.4 Å². The summed E-state index contributed by atoms with van der Waals surface area (Å²) in [7, 11) is 0. The Morgan fingerprint density at radius 3 is 2.25 bits per heavy atom. The van der Waals surface area contributed by atoms with Crippen molar-refractivity contribution in [2.75, 3.05) is 0 Å². The summed E-state index contributed by atoms with van der Waals surface area (Å²) >= 11 is 6.06. The second-order valence-corrected chi connectivity index (χ2v) is 17.8. The lowest BCUT2D eigenvalue weighted by Gasteiger charge is -2.71. The van der Waals surface area contributed by atoms with Gasteiger partial charge in [0.15, 0.2) is 5.78 Å². The van der Waals surface area contributed by atoms with Crippen molar-refractivity contribution in [1.82, 2.24) is 10.2 Å². The van der Waals surface area contributed by atoms with E-state index in [1.807, 2.05) is 0 Å². The summed E-state index contributed by atoms with van der Waals surface area (Å²) < 4.78 is 11.8. The molecule has 8 heteroatoms. The van der Waals surface area contributed by atoms with Gasteiger partial charge in [0.25, 0.3) is 5.89 Å². The van der Waals surface area contributed by atoms with Crippen molar-refractivity contribution in [3.63, 3.8) is 0 Å². The van der Waals surface area contributed by atoms with Crippen LogP contribution in [0.5, 0.6) is 0 Å². The van der Waals surface area contributed by atoms with E-state index in [1.54, 1.807) is 24.3 Å². The third-order valence-corrected chi connectivity index (χ3v) is 15.0. The largest absolute Gasteiger partial charge is 0.462 e. The molecule has 1 aromatic carbocycles. The molecule has 1 unspecified atom stereocenters. The molecule has 1 heterocycles. The molecule has 7 rings (SSSR count). The molecule has 4 fully saturated rings. The van der Waals surface area contributed by atoms with Gasteiger partial charge in [-0.2, -0.15) is 0 Å². The van der Waals surface area contributed by atoms with Crippen molar-refractivity contribution in [2.45, 2.75) is 113 Å². The second kappa shape index (κ2) is 11.4. The van der Waals surface area contributed by atoms with E-state index in [-0.39, 0.29) is 74.8 Å². The highest BCUT2D eigenvalue weighted by atomic mass is 35.5. The topological polar surface area (TPSA) is 99.4 Å². The molecule has 48 heavy (non-hydrogen) atoms. The van der Waals surface area contributed by atoms with E-state index in [2.05, 4.69) is 58.7 Å². The third-order valence-electron chi connectivity index (χ3n) is 14.7. The number of halogens is 1. The van der Waals surface area contributed by atoms with Crippen LogP contribution in [0, 0.1) is 57.2 Å². The number of fused-ring (bicyclic) bond motifs is 7. The van der Waals surface area contributed by atoms with Gasteiger partial charge in [-0.15, -0.1) is 10.2 Å². The van der Waals surface area contributed by atoms with Crippen molar-refractivity contribution >= 4 is 29.1 Å². The van der Waals surface area contributed by atoms with Gasteiger partial charge < -0.3 is 9.15 Å². The minimum atomic E-state index is -0.809. The zero-order valence-electron chi connectivity index (χ0n) is 29.8. The Kier molecular flexibility index (Phi) is 7.97. The fourth-order valence-corrected chi connectivity index (χ4v) is 12.6. The Balaban J connectivity index is 1.20. The van der Waals surface area contributed by atoms with E-state index < -0.39 is 5.92 Å². The third kappa shape index (κ3) is 4.68. The number of carbonyl (C=O) groups excluding carboxylic acids is 3. The summed E-state index contributed by atoms with van der Waals surface area (Å²) in [6.07, 6.45) is 8.11. The Hall–Kier alpha value is -2.80. The van der Waals surface area contributed by atoms with Gasteiger partial charge in [0.2, 0.25) is 11.7 Å². The molecule has 1 aromatic heterocycles. The lowest BCUT2D eigenvalue weighted by Crippen LogP contribution is -2.65. The number of hydrogen-bond acceptors (Lipinski definition) is 7. The van der Waals surface area contributed by atoms with E-state index >= 15 is 0 Å². The first-order valence-electron chi connectivity index (χ1n) is 18.1. The molecule has 0 bridgehead atoms. The lowest BCUT2D eigenvalue weighted by molar-refractivity contribution is -0.231. The fourth-order valence-electron chi connectivity index (χ4n) is 12.5. The maximum atomic E-state index is 14.4. The second-order valence-electron chi connectivity index (χ2n) is 17.4. The first-order valence-corrected chi connectivity index (χ1v) is 18.5. The molecule has 0 aliphatic heterocycles. The first-order chi connectivity index (χ1) is 22.5. The van der Waals surface area contributed by atoms with Crippen LogP contribution in [-0.2, 0) is 14.3 Å².